The minimum absolute atomic E-state index is 0.0545. The van der Waals surface area contributed by atoms with E-state index in [1.54, 1.807) is 6.08 Å². The first-order chi connectivity index (χ1) is 8.89. The number of hydrogen-bond donors (Lipinski definition) is 1. The van der Waals surface area contributed by atoms with Gasteiger partial charge in [-0.3, -0.25) is 9.78 Å². The van der Waals surface area contributed by atoms with Crippen LogP contribution in [0.5, 0.6) is 0 Å². The Kier molecular flexibility index (Phi) is 3.59. The Bertz CT molecular complexity index is 523. The molecule has 1 heterocycles. The third-order valence-corrected chi connectivity index (χ3v) is 3.18. The first kappa shape index (κ1) is 13.6. The molecule has 0 spiro atoms. The molecule has 102 valence electrons. The topological polar surface area (TPSA) is 50.2 Å². The van der Waals surface area contributed by atoms with Crippen molar-refractivity contribution in [1.82, 2.24) is 4.98 Å². The lowest BCUT2D eigenvalue weighted by atomic mass is 9.86. The maximum absolute atomic E-state index is 12.8. The van der Waals surface area contributed by atoms with Crippen LogP contribution in [0.15, 0.2) is 24.4 Å². The average Bonchev–Trinajstić information content (AvgIpc) is 2.38. The predicted octanol–water partition coefficient (Wildman–Crippen LogP) is 3.37. The van der Waals surface area contributed by atoms with E-state index in [1.807, 2.05) is 0 Å². The van der Waals surface area contributed by atoms with Crippen LogP contribution in [-0.2, 0) is 11.0 Å². The standard InChI is InChI=1S/C13H12F3NO2/c14-13(15,16)11-10(2-1-7-17-11)8-3-5-9(6-4-8)12(18)19/h1-3,7,9H,4-6H2,(H,18,19). The summed E-state index contributed by atoms with van der Waals surface area (Å²) in [5, 5.41) is 8.86. The highest BCUT2D eigenvalue weighted by Crippen LogP contribution is 2.37. The molecule has 1 aliphatic carbocycles. The molecule has 1 aliphatic rings. The van der Waals surface area contributed by atoms with E-state index >= 15 is 0 Å². The number of hydrogen-bond acceptors (Lipinski definition) is 2. The molecule has 3 nitrogen and oxygen atoms in total. The van der Waals surface area contributed by atoms with Crippen LogP contribution >= 0.6 is 0 Å². The monoisotopic (exact) mass is 271 g/mol. The summed E-state index contributed by atoms with van der Waals surface area (Å²) in [7, 11) is 0. The van der Waals surface area contributed by atoms with Crippen molar-refractivity contribution in [2.75, 3.05) is 0 Å². The molecule has 0 aliphatic heterocycles. The second kappa shape index (κ2) is 5.03. The first-order valence-electron chi connectivity index (χ1n) is 5.84. The van der Waals surface area contributed by atoms with Crippen molar-refractivity contribution in [3.8, 4) is 0 Å². The van der Waals surface area contributed by atoms with Crippen molar-refractivity contribution >= 4 is 11.5 Å². The molecule has 0 saturated heterocycles. The summed E-state index contributed by atoms with van der Waals surface area (Å²) in [4.78, 5) is 14.2. The van der Waals surface area contributed by atoms with Gasteiger partial charge >= 0.3 is 12.1 Å². The number of nitrogens with zero attached hydrogens (tertiary/aromatic N) is 1. The molecular formula is C13H12F3NO2. The van der Waals surface area contributed by atoms with E-state index in [0.29, 0.717) is 18.4 Å². The Morgan fingerprint density at radius 3 is 2.68 bits per heavy atom. The zero-order valence-electron chi connectivity index (χ0n) is 9.94. The van der Waals surface area contributed by atoms with Gasteiger partial charge in [0, 0.05) is 11.8 Å². The highest BCUT2D eigenvalue weighted by molar-refractivity contribution is 5.74. The minimum Gasteiger partial charge on any atom is -0.481 e. The van der Waals surface area contributed by atoms with Gasteiger partial charge in [-0.05, 0) is 30.9 Å². The van der Waals surface area contributed by atoms with Gasteiger partial charge in [0.2, 0.25) is 0 Å². The maximum Gasteiger partial charge on any atom is 0.433 e. The number of carbonyl (C=O) groups is 1. The lowest BCUT2D eigenvalue weighted by Gasteiger charge is -2.20. The summed E-state index contributed by atoms with van der Waals surface area (Å²) in [6.45, 7) is 0. The van der Waals surface area contributed by atoms with Crippen LogP contribution in [-0.4, -0.2) is 16.1 Å². The summed E-state index contributed by atoms with van der Waals surface area (Å²) in [5.41, 5.74) is -0.327. The van der Waals surface area contributed by atoms with Crippen molar-refractivity contribution in [3.63, 3.8) is 0 Å². The molecule has 0 amide bonds. The largest absolute Gasteiger partial charge is 0.481 e. The van der Waals surface area contributed by atoms with Crippen molar-refractivity contribution in [2.45, 2.75) is 25.4 Å². The molecule has 0 radical (unpaired) electrons. The van der Waals surface area contributed by atoms with E-state index in [2.05, 4.69) is 4.98 Å². The minimum atomic E-state index is -4.50. The zero-order valence-corrected chi connectivity index (χ0v) is 9.94. The summed E-state index contributed by atoms with van der Waals surface area (Å²) >= 11 is 0. The van der Waals surface area contributed by atoms with Gasteiger partial charge in [-0.15, -0.1) is 0 Å². The van der Waals surface area contributed by atoms with Crippen molar-refractivity contribution < 1.29 is 23.1 Å². The number of carboxylic acid groups (broad SMARTS) is 1. The molecule has 0 aromatic carbocycles. The van der Waals surface area contributed by atoms with E-state index in [9.17, 15) is 18.0 Å². The molecule has 1 N–H and O–H groups in total. The molecule has 0 bridgehead atoms. The molecule has 0 fully saturated rings. The SMILES string of the molecule is O=C(O)C1CC=C(c2cccnc2C(F)(F)F)CC1. The van der Waals surface area contributed by atoms with Crippen LogP contribution in [0.1, 0.15) is 30.5 Å². The Morgan fingerprint density at radius 1 is 1.42 bits per heavy atom. The van der Waals surface area contributed by atoms with Crippen LogP contribution in [0.4, 0.5) is 13.2 Å². The highest BCUT2D eigenvalue weighted by Gasteiger charge is 2.36. The summed E-state index contributed by atoms with van der Waals surface area (Å²) in [6, 6.07) is 2.83. The summed E-state index contributed by atoms with van der Waals surface area (Å²) in [6.07, 6.45) is -0.874. The number of aromatic nitrogens is 1. The molecule has 2 rings (SSSR count). The van der Waals surface area contributed by atoms with Gasteiger partial charge in [-0.1, -0.05) is 12.1 Å². The number of rotatable bonds is 2. The van der Waals surface area contributed by atoms with Crippen molar-refractivity contribution in [2.24, 2.45) is 5.92 Å². The van der Waals surface area contributed by atoms with Crippen LogP contribution in [0.25, 0.3) is 5.57 Å². The highest BCUT2D eigenvalue weighted by atomic mass is 19.4. The maximum atomic E-state index is 12.8. The molecule has 19 heavy (non-hydrogen) atoms. The number of aliphatic carboxylic acids is 1. The van der Waals surface area contributed by atoms with Gasteiger partial charge in [0.15, 0.2) is 5.69 Å². The lowest BCUT2D eigenvalue weighted by molar-refractivity contribution is -0.142. The van der Waals surface area contributed by atoms with Crippen LogP contribution in [0.2, 0.25) is 0 Å². The quantitative estimate of drug-likeness (QED) is 0.897. The van der Waals surface area contributed by atoms with Gasteiger partial charge in [0.1, 0.15) is 0 Å². The van der Waals surface area contributed by atoms with Crippen LogP contribution in [0.3, 0.4) is 0 Å². The number of pyridine rings is 1. The van der Waals surface area contributed by atoms with E-state index in [1.165, 1.54) is 12.1 Å². The zero-order chi connectivity index (χ0) is 14.0. The molecule has 1 unspecified atom stereocenters. The summed E-state index contributed by atoms with van der Waals surface area (Å²) in [5.74, 6) is -1.41. The van der Waals surface area contributed by atoms with Gasteiger partial charge < -0.3 is 5.11 Å². The molecule has 6 heteroatoms. The second-order valence-electron chi connectivity index (χ2n) is 4.44. The van der Waals surface area contributed by atoms with E-state index in [4.69, 9.17) is 5.11 Å². The normalized spacial score (nSPS) is 19.9. The van der Waals surface area contributed by atoms with Gasteiger partial charge in [0.05, 0.1) is 5.92 Å². The predicted molar refractivity (Wildman–Crippen MR) is 62.2 cm³/mol. The third kappa shape index (κ3) is 2.94. The number of carboxylic acids is 1. The molecule has 1 aromatic rings. The number of alkyl halides is 3. The molecule has 0 saturated carbocycles. The lowest BCUT2D eigenvalue weighted by Crippen LogP contribution is -2.17. The summed E-state index contributed by atoms with van der Waals surface area (Å²) < 4.78 is 38.5. The van der Waals surface area contributed by atoms with Crippen molar-refractivity contribution in [1.29, 1.82) is 0 Å². The number of halogens is 3. The Hall–Kier alpha value is -1.85. The molecule has 1 aromatic heterocycles. The van der Waals surface area contributed by atoms with Crippen molar-refractivity contribution in [3.05, 3.63) is 35.7 Å². The molecule has 1 atom stereocenters. The van der Waals surface area contributed by atoms with E-state index in [-0.39, 0.29) is 12.0 Å². The van der Waals surface area contributed by atoms with Crippen LogP contribution < -0.4 is 0 Å². The number of allylic oxidation sites excluding steroid dienone is 2. The van der Waals surface area contributed by atoms with Gasteiger partial charge in [0.25, 0.3) is 0 Å². The van der Waals surface area contributed by atoms with E-state index in [0.717, 1.165) is 6.20 Å². The second-order valence-corrected chi connectivity index (χ2v) is 4.44. The van der Waals surface area contributed by atoms with E-state index < -0.39 is 23.8 Å². The Morgan fingerprint density at radius 2 is 2.16 bits per heavy atom. The molecular weight excluding hydrogens is 259 g/mol. The first-order valence-corrected chi connectivity index (χ1v) is 5.84. The fraction of sp³-hybridized carbons (Fsp3) is 0.385. The van der Waals surface area contributed by atoms with Crippen LogP contribution in [0, 0.1) is 5.92 Å². The fourth-order valence-corrected chi connectivity index (χ4v) is 2.19. The Labute approximate surface area is 107 Å². The third-order valence-electron chi connectivity index (χ3n) is 3.18. The Balaban J connectivity index is 2.32. The average molecular weight is 271 g/mol. The van der Waals surface area contributed by atoms with Gasteiger partial charge in [-0.25, -0.2) is 0 Å². The van der Waals surface area contributed by atoms with Gasteiger partial charge in [-0.2, -0.15) is 13.2 Å². The smallest absolute Gasteiger partial charge is 0.433 e. The fourth-order valence-electron chi connectivity index (χ4n) is 2.19.